The van der Waals surface area contributed by atoms with E-state index in [1.165, 1.54) is 0 Å². The average Bonchev–Trinajstić information content (AvgIpc) is 2.72. The van der Waals surface area contributed by atoms with Gasteiger partial charge in [-0.15, -0.1) is 0 Å². The lowest BCUT2D eigenvalue weighted by molar-refractivity contribution is 0.367. The number of benzene rings is 2. The maximum atomic E-state index is 11.5. The Balaban J connectivity index is 2.24. The van der Waals surface area contributed by atoms with E-state index < -0.39 is 13.1 Å². The van der Waals surface area contributed by atoms with Crippen LogP contribution in [0.15, 0.2) is 79.0 Å². The normalized spacial score (nSPS) is 13.8. The molecule has 0 fully saturated rings. The molecular weight excluding hydrogens is 371 g/mol. The van der Waals surface area contributed by atoms with Gasteiger partial charge in [0.05, 0.1) is 11.9 Å². The largest absolute Gasteiger partial charge is 0.326 e. The third-order valence-electron chi connectivity index (χ3n) is 4.85. The van der Waals surface area contributed by atoms with Gasteiger partial charge in [0.25, 0.3) is 0 Å². The molecule has 0 saturated heterocycles. The van der Waals surface area contributed by atoms with Gasteiger partial charge in [0.2, 0.25) is 0 Å². The van der Waals surface area contributed by atoms with Gasteiger partial charge in [-0.1, -0.05) is 67.6 Å². The van der Waals surface area contributed by atoms with Crippen molar-refractivity contribution in [1.82, 2.24) is 10.3 Å². The van der Waals surface area contributed by atoms with Crippen molar-refractivity contribution >= 4 is 7.60 Å². The van der Waals surface area contributed by atoms with E-state index in [1.807, 2.05) is 60.7 Å². The fraction of sp³-hybridized carbons (Fsp3) is 0.227. The Bertz CT molecular complexity index is 903. The van der Waals surface area contributed by atoms with Gasteiger partial charge >= 0.3 is 7.60 Å². The Labute approximate surface area is 165 Å². The van der Waals surface area contributed by atoms with Crippen molar-refractivity contribution in [1.29, 1.82) is 0 Å². The zero-order valence-electron chi connectivity index (χ0n) is 15.8. The van der Waals surface area contributed by atoms with Crippen molar-refractivity contribution in [3.05, 3.63) is 101 Å². The van der Waals surface area contributed by atoms with Crippen LogP contribution in [0, 0.1) is 0 Å². The highest BCUT2D eigenvalue weighted by atomic mass is 31.2. The second-order valence-electron chi connectivity index (χ2n) is 6.66. The number of aryl methyl sites for hydroxylation is 1. The van der Waals surface area contributed by atoms with Crippen molar-refractivity contribution in [3.63, 3.8) is 0 Å². The van der Waals surface area contributed by atoms with Crippen LogP contribution in [0.25, 0.3) is 0 Å². The predicted molar refractivity (Wildman–Crippen MR) is 111 cm³/mol. The summed E-state index contributed by atoms with van der Waals surface area (Å²) in [5.74, 6) is 0. The summed E-state index contributed by atoms with van der Waals surface area (Å²) in [6.45, 7) is 2.25. The molecule has 0 aliphatic carbocycles. The molecular formula is C22H25N2O3P. The molecule has 0 saturated carbocycles. The fourth-order valence-electron chi connectivity index (χ4n) is 3.59. The molecule has 2 aromatic carbocycles. The predicted octanol–water partition coefficient (Wildman–Crippen LogP) is 3.70. The Hall–Kier alpha value is -2.30. The fourth-order valence-corrected chi connectivity index (χ4v) is 3.99. The highest BCUT2D eigenvalue weighted by molar-refractivity contribution is 7.51. The minimum atomic E-state index is -4.13. The molecule has 28 heavy (non-hydrogen) atoms. The lowest BCUT2D eigenvalue weighted by Gasteiger charge is -2.37. The van der Waals surface area contributed by atoms with E-state index >= 15 is 0 Å². The smallest absolute Gasteiger partial charge is 0.324 e. The molecule has 0 amide bonds. The van der Waals surface area contributed by atoms with E-state index in [0.29, 0.717) is 0 Å². The first kappa shape index (κ1) is 20.4. The molecule has 3 rings (SSSR count). The number of pyridine rings is 1. The zero-order valence-corrected chi connectivity index (χ0v) is 16.7. The summed E-state index contributed by atoms with van der Waals surface area (Å²) in [7, 11) is -4.13. The molecule has 0 aliphatic heterocycles. The van der Waals surface area contributed by atoms with Crippen molar-refractivity contribution in [3.8, 4) is 0 Å². The van der Waals surface area contributed by atoms with E-state index in [2.05, 4.69) is 29.4 Å². The molecule has 6 heteroatoms. The Morgan fingerprint density at radius 2 is 1.64 bits per heavy atom. The first-order valence-corrected chi connectivity index (χ1v) is 11.1. The summed E-state index contributed by atoms with van der Waals surface area (Å²) in [6.07, 6.45) is 2.33. The van der Waals surface area contributed by atoms with Crippen LogP contribution < -0.4 is 5.32 Å². The van der Waals surface area contributed by atoms with E-state index in [0.717, 1.165) is 28.8 Å². The molecule has 5 nitrogen and oxygen atoms in total. The van der Waals surface area contributed by atoms with Crippen LogP contribution in [0.5, 0.6) is 0 Å². The van der Waals surface area contributed by atoms with E-state index in [4.69, 9.17) is 0 Å². The van der Waals surface area contributed by atoms with E-state index in [-0.39, 0.29) is 12.7 Å². The SMILES string of the molecule is CCc1ccccc1C(NCCP(=O)(O)O)(c1ccccc1)c1ccccn1. The summed E-state index contributed by atoms with van der Waals surface area (Å²) >= 11 is 0. The van der Waals surface area contributed by atoms with Crippen LogP contribution in [-0.2, 0) is 16.5 Å². The third-order valence-corrected chi connectivity index (χ3v) is 5.66. The van der Waals surface area contributed by atoms with Gasteiger partial charge in [0.1, 0.15) is 5.54 Å². The van der Waals surface area contributed by atoms with Gasteiger partial charge in [-0.25, -0.2) is 0 Å². The van der Waals surface area contributed by atoms with Crippen LogP contribution in [0.2, 0.25) is 0 Å². The molecule has 0 radical (unpaired) electrons. The summed E-state index contributed by atoms with van der Waals surface area (Å²) in [6, 6.07) is 23.8. The maximum Gasteiger partial charge on any atom is 0.326 e. The van der Waals surface area contributed by atoms with Crippen LogP contribution in [-0.4, -0.2) is 27.5 Å². The molecule has 3 aromatic rings. The topological polar surface area (TPSA) is 82.5 Å². The second-order valence-corrected chi connectivity index (χ2v) is 8.43. The van der Waals surface area contributed by atoms with Gasteiger partial charge in [-0.3, -0.25) is 14.9 Å². The van der Waals surface area contributed by atoms with E-state index in [1.54, 1.807) is 6.20 Å². The number of aromatic nitrogens is 1. The summed E-state index contributed by atoms with van der Waals surface area (Å²) in [5.41, 5.74) is 3.13. The van der Waals surface area contributed by atoms with Gasteiger partial charge < -0.3 is 9.79 Å². The van der Waals surface area contributed by atoms with Gasteiger partial charge in [-0.2, -0.15) is 0 Å². The van der Waals surface area contributed by atoms with Crippen molar-refractivity contribution < 1.29 is 14.4 Å². The van der Waals surface area contributed by atoms with Crippen LogP contribution in [0.4, 0.5) is 0 Å². The van der Waals surface area contributed by atoms with Crippen LogP contribution >= 0.6 is 7.60 Å². The minimum absolute atomic E-state index is 0.147. The first-order chi connectivity index (χ1) is 13.5. The van der Waals surface area contributed by atoms with Crippen molar-refractivity contribution in [2.75, 3.05) is 12.7 Å². The molecule has 1 unspecified atom stereocenters. The highest BCUT2D eigenvalue weighted by Gasteiger charge is 2.38. The quantitative estimate of drug-likeness (QED) is 0.506. The molecule has 3 N–H and O–H groups in total. The standard InChI is InChI=1S/C22H25N2O3P/c1-2-18-10-6-7-13-20(18)22(19-11-4-3-5-12-19,21-14-8-9-15-23-21)24-16-17-28(25,26)27/h3-15,24H,2,16-17H2,1H3,(H2,25,26,27). The first-order valence-electron chi connectivity index (χ1n) is 9.32. The number of nitrogens with one attached hydrogen (secondary N) is 1. The molecule has 0 bridgehead atoms. The molecule has 0 spiro atoms. The number of rotatable bonds is 8. The highest BCUT2D eigenvalue weighted by Crippen LogP contribution is 2.39. The summed E-state index contributed by atoms with van der Waals surface area (Å²) < 4.78 is 11.5. The monoisotopic (exact) mass is 396 g/mol. The van der Waals surface area contributed by atoms with Gasteiger partial charge in [0, 0.05) is 12.7 Å². The lowest BCUT2D eigenvalue weighted by atomic mass is 9.77. The lowest BCUT2D eigenvalue weighted by Crippen LogP contribution is -2.47. The van der Waals surface area contributed by atoms with Gasteiger partial charge in [0.15, 0.2) is 0 Å². The molecule has 1 aromatic heterocycles. The molecule has 146 valence electrons. The summed E-state index contributed by atoms with van der Waals surface area (Å²) in [5, 5.41) is 3.46. The Morgan fingerprint density at radius 1 is 0.964 bits per heavy atom. The third kappa shape index (κ3) is 4.40. The number of hydrogen-bond donors (Lipinski definition) is 3. The minimum Gasteiger partial charge on any atom is -0.324 e. The molecule has 1 atom stereocenters. The zero-order chi connectivity index (χ0) is 20.0. The van der Waals surface area contributed by atoms with Crippen molar-refractivity contribution in [2.24, 2.45) is 0 Å². The number of nitrogens with zero attached hydrogens (tertiary/aromatic N) is 1. The average molecular weight is 396 g/mol. The second kappa shape index (κ2) is 8.80. The Morgan fingerprint density at radius 3 is 2.29 bits per heavy atom. The van der Waals surface area contributed by atoms with E-state index in [9.17, 15) is 14.4 Å². The Kier molecular flexibility index (Phi) is 6.42. The maximum absolute atomic E-state index is 11.5. The summed E-state index contributed by atoms with van der Waals surface area (Å²) in [4.78, 5) is 23.4. The van der Waals surface area contributed by atoms with Gasteiger partial charge in [-0.05, 0) is 35.2 Å². The van der Waals surface area contributed by atoms with Crippen LogP contribution in [0.3, 0.4) is 0 Å². The van der Waals surface area contributed by atoms with Crippen molar-refractivity contribution in [2.45, 2.75) is 18.9 Å². The molecule has 1 heterocycles. The number of hydrogen-bond acceptors (Lipinski definition) is 3. The van der Waals surface area contributed by atoms with Crippen LogP contribution in [0.1, 0.15) is 29.3 Å². The molecule has 0 aliphatic rings.